The number of carbonyl (C=O) groups is 2. The van der Waals surface area contributed by atoms with Gasteiger partial charge in [-0.25, -0.2) is 0 Å². The summed E-state index contributed by atoms with van der Waals surface area (Å²) in [5, 5.41) is 8.48. The van der Waals surface area contributed by atoms with E-state index in [1.54, 1.807) is 13.0 Å². The molecule has 0 amide bonds. The molecule has 1 rings (SSSR count). The second-order valence-corrected chi connectivity index (χ2v) is 2.98. The zero-order valence-electron chi connectivity index (χ0n) is 7.69. The summed E-state index contributed by atoms with van der Waals surface area (Å²) in [6.07, 6.45) is -0.248. The minimum absolute atomic E-state index is 0.152. The van der Waals surface area contributed by atoms with E-state index < -0.39 is 17.8 Å². The number of rotatable bonds is 4. The molecule has 0 spiro atoms. The Hall–Kier alpha value is -1.62. The topological polar surface area (TPSA) is 93.5 Å². The fourth-order valence-electron chi connectivity index (χ4n) is 0.972. The Morgan fingerprint density at radius 3 is 2.64 bits per heavy atom. The summed E-state index contributed by atoms with van der Waals surface area (Å²) >= 11 is 0. The molecule has 0 unspecified atom stereocenters. The number of furan rings is 1. The number of Topliss-reactive ketones (excluding diaryl/α,β-unsaturated/α-hetero) is 1. The molecule has 76 valence electrons. The van der Waals surface area contributed by atoms with E-state index in [0.29, 0.717) is 5.76 Å². The maximum atomic E-state index is 11.3. The van der Waals surface area contributed by atoms with E-state index in [-0.39, 0.29) is 12.2 Å². The molecule has 1 heterocycles. The van der Waals surface area contributed by atoms with Crippen molar-refractivity contribution >= 4 is 11.8 Å². The maximum absolute atomic E-state index is 11.3. The van der Waals surface area contributed by atoms with Crippen LogP contribution >= 0.6 is 0 Å². The molecular weight excluding hydrogens is 186 g/mol. The average Bonchev–Trinajstić information content (AvgIpc) is 2.51. The number of aryl methyl sites for hydroxylation is 1. The first-order chi connectivity index (χ1) is 6.50. The molecule has 1 aromatic rings. The monoisotopic (exact) mass is 197 g/mol. The quantitative estimate of drug-likeness (QED) is 0.688. The second-order valence-electron chi connectivity index (χ2n) is 2.98. The van der Waals surface area contributed by atoms with Crippen molar-refractivity contribution in [3.8, 4) is 0 Å². The van der Waals surface area contributed by atoms with Gasteiger partial charge in [0.2, 0.25) is 0 Å². The van der Waals surface area contributed by atoms with Gasteiger partial charge in [-0.05, 0) is 19.1 Å². The molecule has 0 aliphatic carbocycles. The molecule has 0 saturated carbocycles. The summed E-state index contributed by atoms with van der Waals surface area (Å²) in [7, 11) is 0. The van der Waals surface area contributed by atoms with Gasteiger partial charge in [0.1, 0.15) is 11.8 Å². The first kappa shape index (κ1) is 10.5. The van der Waals surface area contributed by atoms with Gasteiger partial charge in [-0.1, -0.05) is 0 Å². The number of nitrogens with two attached hydrogens (primary N) is 1. The van der Waals surface area contributed by atoms with E-state index in [9.17, 15) is 9.59 Å². The number of ketones is 1. The number of carboxylic acids is 1. The van der Waals surface area contributed by atoms with Crippen LogP contribution in [0.15, 0.2) is 16.5 Å². The highest BCUT2D eigenvalue weighted by Crippen LogP contribution is 2.09. The van der Waals surface area contributed by atoms with Crippen LogP contribution in [0.5, 0.6) is 0 Å². The molecule has 0 radical (unpaired) electrons. The first-order valence-corrected chi connectivity index (χ1v) is 4.08. The molecule has 5 nitrogen and oxygen atoms in total. The molecule has 0 aliphatic rings. The minimum Gasteiger partial charge on any atom is -0.480 e. The highest BCUT2D eigenvalue weighted by Gasteiger charge is 2.19. The molecule has 0 saturated heterocycles. The third-order valence-corrected chi connectivity index (χ3v) is 1.74. The van der Waals surface area contributed by atoms with E-state index in [2.05, 4.69) is 0 Å². The number of aliphatic carboxylic acids is 1. The van der Waals surface area contributed by atoms with Crippen LogP contribution in [0.3, 0.4) is 0 Å². The molecule has 14 heavy (non-hydrogen) atoms. The summed E-state index contributed by atoms with van der Waals surface area (Å²) in [4.78, 5) is 21.7. The summed E-state index contributed by atoms with van der Waals surface area (Å²) in [5.74, 6) is -0.828. The summed E-state index contributed by atoms with van der Waals surface area (Å²) < 4.78 is 5.03. The van der Waals surface area contributed by atoms with E-state index in [1.807, 2.05) is 0 Å². The second kappa shape index (κ2) is 4.06. The highest BCUT2D eigenvalue weighted by atomic mass is 16.4. The molecule has 0 bridgehead atoms. The molecule has 0 fully saturated rings. The largest absolute Gasteiger partial charge is 0.480 e. The lowest BCUT2D eigenvalue weighted by Crippen LogP contribution is -2.32. The van der Waals surface area contributed by atoms with Crippen LogP contribution in [0.2, 0.25) is 0 Å². The number of hydrogen-bond acceptors (Lipinski definition) is 4. The zero-order chi connectivity index (χ0) is 10.7. The molecule has 5 heteroatoms. The predicted octanol–water partition coefficient (Wildman–Crippen LogP) is 0.573. The lowest BCUT2D eigenvalue weighted by atomic mass is 10.1. The van der Waals surface area contributed by atoms with E-state index in [1.165, 1.54) is 6.07 Å². The van der Waals surface area contributed by atoms with Crippen molar-refractivity contribution < 1.29 is 19.1 Å². The fraction of sp³-hybridized carbons (Fsp3) is 0.333. The van der Waals surface area contributed by atoms with Gasteiger partial charge >= 0.3 is 5.97 Å². The third kappa shape index (κ3) is 2.43. The van der Waals surface area contributed by atoms with Crippen LogP contribution in [-0.2, 0) is 4.79 Å². The van der Waals surface area contributed by atoms with Crippen molar-refractivity contribution in [1.29, 1.82) is 0 Å². The molecule has 0 aromatic carbocycles. The molecule has 3 N–H and O–H groups in total. The molecule has 1 atom stereocenters. The molecule has 0 aliphatic heterocycles. The molecule has 1 aromatic heterocycles. The normalized spacial score (nSPS) is 12.4. The van der Waals surface area contributed by atoms with Gasteiger partial charge < -0.3 is 15.3 Å². The van der Waals surface area contributed by atoms with Crippen molar-refractivity contribution in [2.24, 2.45) is 5.73 Å². The van der Waals surface area contributed by atoms with Crippen LogP contribution in [0.1, 0.15) is 22.7 Å². The lowest BCUT2D eigenvalue weighted by molar-refractivity contribution is -0.138. The highest BCUT2D eigenvalue weighted by molar-refractivity contribution is 5.96. The van der Waals surface area contributed by atoms with Crippen molar-refractivity contribution in [2.75, 3.05) is 0 Å². The van der Waals surface area contributed by atoms with Gasteiger partial charge in [-0.3, -0.25) is 9.59 Å². The minimum atomic E-state index is -1.19. The summed E-state index contributed by atoms with van der Waals surface area (Å²) in [6.45, 7) is 1.70. The smallest absolute Gasteiger partial charge is 0.320 e. The first-order valence-electron chi connectivity index (χ1n) is 4.08. The molecular formula is C9H11NO4. The van der Waals surface area contributed by atoms with Crippen LogP contribution in [0.25, 0.3) is 0 Å². The van der Waals surface area contributed by atoms with Gasteiger partial charge in [0.05, 0.1) is 0 Å². The van der Waals surface area contributed by atoms with Gasteiger partial charge in [-0.15, -0.1) is 0 Å². The van der Waals surface area contributed by atoms with Crippen molar-refractivity contribution in [3.63, 3.8) is 0 Å². The Kier molecular flexibility index (Phi) is 3.03. The van der Waals surface area contributed by atoms with E-state index in [4.69, 9.17) is 15.3 Å². The Morgan fingerprint density at radius 1 is 1.57 bits per heavy atom. The zero-order valence-corrected chi connectivity index (χ0v) is 7.69. The maximum Gasteiger partial charge on any atom is 0.320 e. The van der Waals surface area contributed by atoms with Crippen molar-refractivity contribution in [2.45, 2.75) is 19.4 Å². The Labute approximate surface area is 80.5 Å². The van der Waals surface area contributed by atoms with Crippen LogP contribution in [-0.4, -0.2) is 22.9 Å². The van der Waals surface area contributed by atoms with Crippen LogP contribution in [0, 0.1) is 6.92 Å². The standard InChI is InChI=1S/C9H11NO4/c1-5-2-3-8(14-5)7(11)4-6(10)9(12)13/h2-3,6H,4,10H2,1H3,(H,12,13)/t6-/m0/s1. The number of hydrogen-bond donors (Lipinski definition) is 2. The van der Waals surface area contributed by atoms with Crippen molar-refractivity contribution in [3.05, 3.63) is 23.7 Å². The van der Waals surface area contributed by atoms with Gasteiger partial charge in [0.25, 0.3) is 0 Å². The SMILES string of the molecule is Cc1ccc(C(=O)C[C@H](N)C(=O)O)o1. The number of carbonyl (C=O) groups excluding carboxylic acids is 1. The fourth-order valence-corrected chi connectivity index (χ4v) is 0.972. The number of carboxylic acid groups (broad SMARTS) is 1. The third-order valence-electron chi connectivity index (χ3n) is 1.74. The Morgan fingerprint density at radius 2 is 2.21 bits per heavy atom. The Bertz CT molecular complexity index is 355. The lowest BCUT2D eigenvalue weighted by Gasteiger charge is -2.02. The van der Waals surface area contributed by atoms with Gasteiger partial charge in [0, 0.05) is 6.42 Å². The predicted molar refractivity (Wildman–Crippen MR) is 48.0 cm³/mol. The van der Waals surface area contributed by atoms with Gasteiger partial charge in [-0.2, -0.15) is 0 Å². The van der Waals surface area contributed by atoms with E-state index in [0.717, 1.165) is 0 Å². The van der Waals surface area contributed by atoms with Gasteiger partial charge in [0.15, 0.2) is 11.5 Å². The van der Waals surface area contributed by atoms with Crippen molar-refractivity contribution in [1.82, 2.24) is 0 Å². The van der Waals surface area contributed by atoms with Crippen LogP contribution < -0.4 is 5.73 Å². The van der Waals surface area contributed by atoms with Crippen LogP contribution in [0.4, 0.5) is 0 Å². The summed E-state index contributed by atoms with van der Waals surface area (Å²) in [5.41, 5.74) is 5.20. The average molecular weight is 197 g/mol. The Balaban J connectivity index is 2.63. The van der Waals surface area contributed by atoms with E-state index >= 15 is 0 Å². The summed E-state index contributed by atoms with van der Waals surface area (Å²) in [6, 6.07) is 1.97.